The van der Waals surface area contributed by atoms with Gasteiger partial charge in [0.05, 0.1) is 12.5 Å². The Hall–Kier alpha value is -1.30. The second-order valence-corrected chi connectivity index (χ2v) is 6.37. The second-order valence-electron chi connectivity index (χ2n) is 6.37. The first kappa shape index (κ1) is 16.1. The first-order valence-electron chi connectivity index (χ1n) is 7.73. The quantitative estimate of drug-likeness (QED) is 0.807. The van der Waals surface area contributed by atoms with E-state index < -0.39 is 11.9 Å². The van der Waals surface area contributed by atoms with Crippen molar-refractivity contribution in [2.75, 3.05) is 33.4 Å². The number of aliphatic carboxylic acids is 1. The Morgan fingerprint density at radius 2 is 2.05 bits per heavy atom. The molecule has 2 fully saturated rings. The van der Waals surface area contributed by atoms with Crippen LogP contribution in [0.1, 0.15) is 26.7 Å². The molecule has 2 amide bonds. The minimum Gasteiger partial charge on any atom is -0.481 e. The summed E-state index contributed by atoms with van der Waals surface area (Å²) in [4.78, 5) is 27.5. The highest BCUT2D eigenvalue weighted by molar-refractivity contribution is 5.78. The maximum absolute atomic E-state index is 12.7. The monoisotopic (exact) mass is 298 g/mol. The Bertz CT molecular complexity index is 397. The van der Waals surface area contributed by atoms with Crippen molar-refractivity contribution in [2.24, 2.45) is 17.8 Å². The van der Waals surface area contributed by atoms with E-state index in [0.29, 0.717) is 32.2 Å². The average Bonchev–Trinajstić information content (AvgIpc) is 3.21. The molecule has 1 saturated carbocycles. The molecular formula is C15H26N2O4. The first-order valence-corrected chi connectivity index (χ1v) is 7.73. The van der Waals surface area contributed by atoms with E-state index in [4.69, 9.17) is 4.74 Å². The Balaban J connectivity index is 2.02. The fourth-order valence-corrected chi connectivity index (χ4v) is 3.12. The van der Waals surface area contributed by atoms with Gasteiger partial charge in [0.2, 0.25) is 0 Å². The van der Waals surface area contributed by atoms with Crippen molar-refractivity contribution in [1.29, 1.82) is 0 Å². The predicted octanol–water partition coefficient (Wildman–Crippen LogP) is 1.51. The molecule has 1 saturated heterocycles. The standard InChI is InChI=1S/C15H26N2O4/c1-10-8-16(9-13(10)14(18)19)15(20)17(6-7-21-3)11(2)12-4-5-12/h10-13H,4-9H2,1-3H3,(H,18,19). The van der Waals surface area contributed by atoms with Crippen LogP contribution in [0.25, 0.3) is 0 Å². The van der Waals surface area contributed by atoms with Crippen LogP contribution < -0.4 is 0 Å². The van der Waals surface area contributed by atoms with E-state index in [9.17, 15) is 14.7 Å². The molecule has 3 unspecified atom stereocenters. The Labute approximate surface area is 126 Å². The van der Waals surface area contributed by atoms with Gasteiger partial charge in [-0.05, 0) is 31.6 Å². The van der Waals surface area contributed by atoms with Crippen LogP contribution in [0.5, 0.6) is 0 Å². The molecule has 6 nitrogen and oxygen atoms in total. The van der Waals surface area contributed by atoms with Gasteiger partial charge in [-0.2, -0.15) is 0 Å². The normalized spacial score (nSPS) is 26.7. The van der Waals surface area contributed by atoms with Crippen LogP contribution in [-0.4, -0.2) is 66.3 Å². The van der Waals surface area contributed by atoms with E-state index in [2.05, 4.69) is 6.92 Å². The summed E-state index contributed by atoms with van der Waals surface area (Å²) >= 11 is 0. The summed E-state index contributed by atoms with van der Waals surface area (Å²) in [7, 11) is 1.63. The van der Waals surface area contributed by atoms with Gasteiger partial charge in [-0.3, -0.25) is 4.79 Å². The van der Waals surface area contributed by atoms with Crippen molar-refractivity contribution in [2.45, 2.75) is 32.7 Å². The van der Waals surface area contributed by atoms with Gasteiger partial charge >= 0.3 is 12.0 Å². The zero-order valence-electron chi connectivity index (χ0n) is 13.1. The number of urea groups is 1. The van der Waals surface area contributed by atoms with E-state index in [0.717, 1.165) is 0 Å². The lowest BCUT2D eigenvalue weighted by molar-refractivity contribution is -0.142. The Morgan fingerprint density at radius 1 is 1.38 bits per heavy atom. The molecule has 1 aliphatic heterocycles. The SMILES string of the molecule is COCCN(C(=O)N1CC(C)C(C(=O)O)C1)C(C)C1CC1. The number of amides is 2. The number of ether oxygens (including phenoxy) is 1. The number of nitrogens with zero attached hydrogens (tertiary/aromatic N) is 2. The highest BCUT2D eigenvalue weighted by Gasteiger charge is 2.41. The zero-order chi connectivity index (χ0) is 15.6. The van der Waals surface area contributed by atoms with Crippen LogP contribution in [0, 0.1) is 17.8 Å². The van der Waals surface area contributed by atoms with Gasteiger partial charge in [-0.1, -0.05) is 6.92 Å². The van der Waals surface area contributed by atoms with E-state index in [1.807, 2.05) is 11.8 Å². The number of carboxylic acid groups (broad SMARTS) is 1. The van der Waals surface area contributed by atoms with Crippen LogP contribution in [-0.2, 0) is 9.53 Å². The van der Waals surface area contributed by atoms with E-state index in [-0.39, 0.29) is 18.0 Å². The molecule has 0 aromatic rings. The molecule has 120 valence electrons. The number of hydrogen-bond donors (Lipinski definition) is 1. The van der Waals surface area contributed by atoms with Gasteiger partial charge < -0.3 is 19.6 Å². The highest BCUT2D eigenvalue weighted by atomic mass is 16.5. The van der Waals surface area contributed by atoms with Gasteiger partial charge in [0, 0.05) is 32.8 Å². The molecule has 1 N–H and O–H groups in total. The summed E-state index contributed by atoms with van der Waals surface area (Å²) < 4.78 is 5.11. The lowest BCUT2D eigenvalue weighted by Crippen LogP contribution is -2.48. The minimum atomic E-state index is -0.809. The van der Waals surface area contributed by atoms with Crippen LogP contribution in [0.15, 0.2) is 0 Å². The largest absolute Gasteiger partial charge is 0.481 e. The molecule has 6 heteroatoms. The molecule has 0 bridgehead atoms. The van der Waals surface area contributed by atoms with Gasteiger partial charge in [0.1, 0.15) is 0 Å². The number of carbonyl (C=O) groups excluding carboxylic acids is 1. The summed E-state index contributed by atoms with van der Waals surface area (Å²) in [5, 5.41) is 9.20. The molecule has 0 aromatic heterocycles. The fraction of sp³-hybridized carbons (Fsp3) is 0.867. The first-order chi connectivity index (χ1) is 9.95. The third kappa shape index (κ3) is 3.67. The lowest BCUT2D eigenvalue weighted by atomic mass is 9.99. The second kappa shape index (κ2) is 6.64. The molecule has 2 aliphatic rings. The average molecular weight is 298 g/mol. The number of likely N-dealkylation sites (tertiary alicyclic amines) is 1. The number of methoxy groups -OCH3 is 1. The van der Waals surface area contributed by atoms with Crippen molar-refractivity contribution in [3.8, 4) is 0 Å². The van der Waals surface area contributed by atoms with Crippen molar-refractivity contribution in [3.05, 3.63) is 0 Å². The maximum atomic E-state index is 12.7. The third-order valence-electron chi connectivity index (χ3n) is 4.78. The van der Waals surface area contributed by atoms with Crippen molar-refractivity contribution in [1.82, 2.24) is 9.80 Å². The highest BCUT2D eigenvalue weighted by Crippen LogP contribution is 2.36. The van der Waals surface area contributed by atoms with E-state index >= 15 is 0 Å². The van der Waals surface area contributed by atoms with E-state index in [1.165, 1.54) is 12.8 Å². The zero-order valence-corrected chi connectivity index (χ0v) is 13.1. The summed E-state index contributed by atoms with van der Waals surface area (Å²) in [6.07, 6.45) is 2.35. The van der Waals surface area contributed by atoms with Crippen molar-refractivity contribution in [3.63, 3.8) is 0 Å². The van der Waals surface area contributed by atoms with Crippen LogP contribution in [0.2, 0.25) is 0 Å². The summed E-state index contributed by atoms with van der Waals surface area (Å²) in [6, 6.07) is 0.161. The summed E-state index contributed by atoms with van der Waals surface area (Å²) in [5.74, 6) is -0.668. The smallest absolute Gasteiger partial charge is 0.320 e. The van der Waals surface area contributed by atoms with Gasteiger partial charge in [0.25, 0.3) is 0 Å². The fourth-order valence-electron chi connectivity index (χ4n) is 3.12. The predicted molar refractivity (Wildman–Crippen MR) is 78.0 cm³/mol. The Kier molecular flexibility index (Phi) is 5.08. The van der Waals surface area contributed by atoms with Crippen molar-refractivity contribution >= 4 is 12.0 Å². The van der Waals surface area contributed by atoms with Crippen LogP contribution >= 0.6 is 0 Å². The maximum Gasteiger partial charge on any atom is 0.320 e. The topological polar surface area (TPSA) is 70.1 Å². The molecule has 0 aromatic carbocycles. The molecule has 1 aliphatic carbocycles. The lowest BCUT2D eigenvalue weighted by Gasteiger charge is -2.33. The van der Waals surface area contributed by atoms with E-state index in [1.54, 1.807) is 12.0 Å². The summed E-state index contributed by atoms with van der Waals surface area (Å²) in [5.41, 5.74) is 0. The van der Waals surface area contributed by atoms with Gasteiger partial charge in [-0.25, -0.2) is 4.79 Å². The molecule has 0 radical (unpaired) electrons. The molecule has 21 heavy (non-hydrogen) atoms. The molecule has 3 atom stereocenters. The Morgan fingerprint density at radius 3 is 2.52 bits per heavy atom. The van der Waals surface area contributed by atoms with Crippen LogP contribution in [0.4, 0.5) is 4.79 Å². The number of carboxylic acids is 1. The molecule has 0 spiro atoms. The number of rotatable bonds is 6. The molecule has 1 heterocycles. The number of hydrogen-bond acceptors (Lipinski definition) is 3. The minimum absolute atomic E-state index is 0.00644. The molecule has 2 rings (SSSR count). The molecular weight excluding hydrogens is 272 g/mol. The van der Waals surface area contributed by atoms with Gasteiger partial charge in [0.15, 0.2) is 0 Å². The summed E-state index contributed by atoms with van der Waals surface area (Å²) in [6.45, 7) is 5.90. The van der Waals surface area contributed by atoms with Gasteiger partial charge in [-0.15, -0.1) is 0 Å². The third-order valence-corrected chi connectivity index (χ3v) is 4.78. The van der Waals surface area contributed by atoms with Crippen molar-refractivity contribution < 1.29 is 19.4 Å². The number of carbonyl (C=O) groups is 2. The van der Waals surface area contributed by atoms with Crippen LogP contribution in [0.3, 0.4) is 0 Å².